The van der Waals surface area contributed by atoms with Gasteiger partial charge in [-0.2, -0.15) is 0 Å². The van der Waals surface area contributed by atoms with Crippen LogP contribution in [0.1, 0.15) is 21.6 Å². The van der Waals surface area contributed by atoms with Gasteiger partial charge in [0.2, 0.25) is 0 Å². The third kappa shape index (κ3) is 2.79. The van der Waals surface area contributed by atoms with Crippen molar-refractivity contribution < 1.29 is 9.90 Å². The van der Waals surface area contributed by atoms with Crippen molar-refractivity contribution in [1.29, 1.82) is 0 Å². The third-order valence-corrected chi connectivity index (χ3v) is 3.71. The molecule has 0 aliphatic carbocycles. The lowest BCUT2D eigenvalue weighted by molar-refractivity contribution is 0.0954. The van der Waals surface area contributed by atoms with Crippen LogP contribution in [0.2, 0.25) is 0 Å². The number of amides is 1. The summed E-state index contributed by atoms with van der Waals surface area (Å²) in [5.74, 6) is 0.0371. The van der Waals surface area contributed by atoms with E-state index in [2.05, 4.69) is 15.3 Å². The van der Waals surface area contributed by atoms with Crippen LogP contribution in [-0.2, 0) is 6.42 Å². The summed E-state index contributed by atoms with van der Waals surface area (Å²) in [5.41, 5.74) is 2.59. The SMILES string of the molecule is Cc1ccc(O)c2cc(C(=O)NCCc3cnc[nH]3)ccc12. The first-order chi connectivity index (χ1) is 10.6. The molecule has 112 valence electrons. The minimum Gasteiger partial charge on any atom is -0.507 e. The zero-order valence-corrected chi connectivity index (χ0v) is 12.3. The topological polar surface area (TPSA) is 78.0 Å². The zero-order chi connectivity index (χ0) is 15.5. The smallest absolute Gasteiger partial charge is 0.251 e. The number of carbonyl (C=O) groups excluding carboxylic acids is 1. The first kappa shape index (κ1) is 14.1. The van der Waals surface area contributed by atoms with E-state index in [1.54, 1.807) is 30.7 Å². The molecule has 0 saturated heterocycles. The number of aryl methyl sites for hydroxylation is 1. The van der Waals surface area contributed by atoms with Gasteiger partial charge in [0.05, 0.1) is 6.33 Å². The van der Waals surface area contributed by atoms with E-state index >= 15 is 0 Å². The first-order valence-electron chi connectivity index (χ1n) is 7.13. The summed E-state index contributed by atoms with van der Waals surface area (Å²) in [6, 6.07) is 8.89. The summed E-state index contributed by atoms with van der Waals surface area (Å²) in [6.45, 7) is 2.50. The normalized spacial score (nSPS) is 10.8. The van der Waals surface area contributed by atoms with Crippen LogP contribution >= 0.6 is 0 Å². The van der Waals surface area contributed by atoms with Crippen LogP contribution in [0.3, 0.4) is 0 Å². The molecule has 0 bridgehead atoms. The van der Waals surface area contributed by atoms with Crippen LogP contribution in [0.25, 0.3) is 10.8 Å². The number of aromatic hydroxyl groups is 1. The first-order valence-corrected chi connectivity index (χ1v) is 7.13. The second-order valence-electron chi connectivity index (χ2n) is 5.24. The number of nitrogens with one attached hydrogen (secondary N) is 2. The van der Waals surface area contributed by atoms with E-state index in [-0.39, 0.29) is 11.7 Å². The van der Waals surface area contributed by atoms with Gasteiger partial charge >= 0.3 is 0 Å². The van der Waals surface area contributed by atoms with Crippen molar-refractivity contribution in [2.75, 3.05) is 6.54 Å². The molecule has 0 aliphatic heterocycles. The number of aromatic amines is 1. The third-order valence-electron chi connectivity index (χ3n) is 3.71. The predicted octanol–water partition coefficient (Wildman–Crippen LogP) is 2.55. The van der Waals surface area contributed by atoms with Crippen LogP contribution in [-0.4, -0.2) is 27.5 Å². The van der Waals surface area contributed by atoms with Crippen LogP contribution < -0.4 is 5.32 Å². The summed E-state index contributed by atoms with van der Waals surface area (Å²) >= 11 is 0. The Balaban J connectivity index is 1.75. The fraction of sp³-hybridized carbons (Fsp3) is 0.176. The van der Waals surface area contributed by atoms with Gasteiger partial charge in [0.25, 0.3) is 5.91 Å². The van der Waals surface area contributed by atoms with Crippen molar-refractivity contribution in [2.24, 2.45) is 0 Å². The second-order valence-corrected chi connectivity index (χ2v) is 5.24. The molecule has 2 aromatic carbocycles. The molecular formula is C17H17N3O2. The molecule has 5 heteroatoms. The van der Waals surface area contributed by atoms with Gasteiger partial charge in [-0.25, -0.2) is 4.98 Å². The van der Waals surface area contributed by atoms with Gasteiger partial charge < -0.3 is 15.4 Å². The molecule has 5 nitrogen and oxygen atoms in total. The predicted molar refractivity (Wildman–Crippen MR) is 85.0 cm³/mol. The Labute approximate surface area is 128 Å². The summed E-state index contributed by atoms with van der Waals surface area (Å²) in [4.78, 5) is 19.1. The molecule has 0 atom stereocenters. The average Bonchev–Trinajstić information content (AvgIpc) is 3.04. The van der Waals surface area contributed by atoms with Crippen molar-refractivity contribution in [3.63, 3.8) is 0 Å². The number of hydrogen-bond acceptors (Lipinski definition) is 3. The molecule has 1 heterocycles. The number of hydrogen-bond donors (Lipinski definition) is 3. The minimum absolute atomic E-state index is 0.151. The van der Waals surface area contributed by atoms with Crippen molar-refractivity contribution in [3.05, 3.63) is 59.7 Å². The summed E-state index contributed by atoms with van der Waals surface area (Å²) in [7, 11) is 0. The van der Waals surface area contributed by atoms with Gasteiger partial charge in [0.1, 0.15) is 5.75 Å². The molecule has 0 unspecified atom stereocenters. The number of fused-ring (bicyclic) bond motifs is 1. The standard InChI is InChI=1S/C17H17N3O2/c1-11-2-5-16(21)15-8-12(3-4-14(11)15)17(22)19-7-6-13-9-18-10-20-13/h2-5,8-10,21H,6-7H2,1H3,(H,18,20)(H,19,22). The summed E-state index contributed by atoms with van der Waals surface area (Å²) in [6.07, 6.45) is 4.05. The Morgan fingerprint density at radius 3 is 2.91 bits per heavy atom. The zero-order valence-electron chi connectivity index (χ0n) is 12.3. The van der Waals surface area contributed by atoms with E-state index in [1.165, 1.54) is 0 Å². The van der Waals surface area contributed by atoms with Crippen molar-refractivity contribution >= 4 is 16.7 Å². The number of H-pyrrole nitrogens is 1. The highest BCUT2D eigenvalue weighted by molar-refractivity contribution is 6.00. The van der Waals surface area contributed by atoms with Gasteiger partial charge in [-0.1, -0.05) is 12.1 Å². The summed E-state index contributed by atoms with van der Waals surface area (Å²) in [5, 5.41) is 14.5. The highest BCUT2D eigenvalue weighted by atomic mass is 16.3. The average molecular weight is 295 g/mol. The van der Waals surface area contributed by atoms with Crippen LogP contribution in [0.5, 0.6) is 5.75 Å². The lowest BCUT2D eigenvalue weighted by Crippen LogP contribution is -2.25. The van der Waals surface area contributed by atoms with Crippen LogP contribution in [0.4, 0.5) is 0 Å². The Bertz CT molecular complexity index is 810. The molecule has 1 aromatic heterocycles. The summed E-state index contributed by atoms with van der Waals surface area (Å²) < 4.78 is 0. The van der Waals surface area contributed by atoms with Gasteiger partial charge in [0.15, 0.2) is 0 Å². The lowest BCUT2D eigenvalue weighted by Gasteiger charge is -2.08. The monoisotopic (exact) mass is 295 g/mol. The molecule has 0 saturated carbocycles. The number of phenols is 1. The van der Waals surface area contributed by atoms with Crippen molar-refractivity contribution in [1.82, 2.24) is 15.3 Å². The van der Waals surface area contributed by atoms with Gasteiger partial charge in [0, 0.05) is 35.8 Å². The highest BCUT2D eigenvalue weighted by Gasteiger charge is 2.09. The van der Waals surface area contributed by atoms with Crippen LogP contribution in [0, 0.1) is 6.92 Å². The Morgan fingerprint density at radius 1 is 1.27 bits per heavy atom. The Morgan fingerprint density at radius 2 is 2.14 bits per heavy atom. The van der Waals surface area contributed by atoms with Gasteiger partial charge in [-0.3, -0.25) is 4.79 Å². The Kier molecular flexibility index (Phi) is 3.78. The van der Waals surface area contributed by atoms with Gasteiger partial charge in [-0.15, -0.1) is 0 Å². The fourth-order valence-electron chi connectivity index (χ4n) is 2.46. The molecule has 3 aromatic rings. The molecule has 3 rings (SSSR count). The molecule has 0 fully saturated rings. The van der Waals surface area contributed by atoms with E-state index in [9.17, 15) is 9.90 Å². The lowest BCUT2D eigenvalue weighted by atomic mass is 10.0. The van der Waals surface area contributed by atoms with E-state index in [0.29, 0.717) is 23.9 Å². The molecule has 0 aliphatic rings. The van der Waals surface area contributed by atoms with Crippen molar-refractivity contribution in [3.8, 4) is 5.75 Å². The molecule has 0 spiro atoms. The molecule has 1 amide bonds. The molecule has 0 radical (unpaired) electrons. The molecular weight excluding hydrogens is 278 g/mol. The number of imidazole rings is 1. The maximum absolute atomic E-state index is 12.2. The number of benzene rings is 2. The minimum atomic E-state index is -0.151. The van der Waals surface area contributed by atoms with E-state index in [0.717, 1.165) is 16.6 Å². The van der Waals surface area contributed by atoms with Gasteiger partial charge in [-0.05, 0) is 36.1 Å². The number of aromatic nitrogens is 2. The quantitative estimate of drug-likeness (QED) is 0.692. The maximum atomic E-state index is 12.2. The highest BCUT2D eigenvalue weighted by Crippen LogP contribution is 2.28. The van der Waals surface area contributed by atoms with E-state index in [1.807, 2.05) is 19.1 Å². The maximum Gasteiger partial charge on any atom is 0.251 e. The number of carbonyl (C=O) groups is 1. The number of rotatable bonds is 4. The van der Waals surface area contributed by atoms with E-state index < -0.39 is 0 Å². The molecule has 22 heavy (non-hydrogen) atoms. The van der Waals surface area contributed by atoms with Crippen LogP contribution in [0.15, 0.2) is 42.9 Å². The molecule has 3 N–H and O–H groups in total. The Hall–Kier alpha value is -2.82. The fourth-order valence-corrected chi connectivity index (χ4v) is 2.46. The second kappa shape index (κ2) is 5.89. The number of nitrogens with zero attached hydrogens (tertiary/aromatic N) is 1. The number of phenolic OH excluding ortho intramolecular Hbond substituents is 1. The van der Waals surface area contributed by atoms with Crippen molar-refractivity contribution in [2.45, 2.75) is 13.3 Å². The largest absolute Gasteiger partial charge is 0.507 e. The van der Waals surface area contributed by atoms with E-state index in [4.69, 9.17) is 0 Å².